The summed E-state index contributed by atoms with van der Waals surface area (Å²) < 4.78 is 44.2. The minimum Gasteiger partial charge on any atom is -0.353 e. The van der Waals surface area contributed by atoms with Gasteiger partial charge in [0.2, 0.25) is 5.91 Å². The number of amides is 1. The lowest BCUT2D eigenvalue weighted by molar-refractivity contribution is -0.192. The van der Waals surface area contributed by atoms with Crippen LogP contribution in [-0.4, -0.2) is 76.7 Å². The highest BCUT2D eigenvalue weighted by Gasteiger charge is 2.48. The number of rotatable bonds is 5. The molecule has 2 aromatic heterocycles. The van der Waals surface area contributed by atoms with Crippen molar-refractivity contribution in [2.24, 2.45) is 17.8 Å². The molecule has 45 heavy (non-hydrogen) atoms. The summed E-state index contributed by atoms with van der Waals surface area (Å²) in [6, 6.07) is 3.82. The lowest BCUT2D eigenvalue weighted by Gasteiger charge is -2.44. The fourth-order valence-corrected chi connectivity index (χ4v) is 8.78. The van der Waals surface area contributed by atoms with Crippen molar-refractivity contribution in [1.82, 2.24) is 24.7 Å². The number of hydrogen-bond acceptors (Lipinski definition) is 5. The zero-order valence-corrected chi connectivity index (χ0v) is 27.1. The number of hydrogen-bond donors (Lipinski definition) is 1. The number of carbonyl (C=O) groups is 1. The Morgan fingerprint density at radius 1 is 0.933 bits per heavy atom. The van der Waals surface area contributed by atoms with Gasteiger partial charge in [0.15, 0.2) is 0 Å². The molecule has 6 atom stereocenters. The zero-order chi connectivity index (χ0) is 31.9. The number of likely N-dealkylation sites (N-methyl/N-ethyl adjacent to an activating group) is 1. The molecule has 3 heterocycles. The van der Waals surface area contributed by atoms with Gasteiger partial charge in [-0.2, -0.15) is 13.2 Å². The summed E-state index contributed by atoms with van der Waals surface area (Å²) in [5.41, 5.74) is 2.69. The van der Waals surface area contributed by atoms with Crippen molar-refractivity contribution < 1.29 is 18.0 Å². The Balaban J connectivity index is 1.22. The number of nitrogens with zero attached hydrogens (tertiary/aromatic N) is 4. The molecule has 0 radical (unpaired) electrons. The first-order valence-corrected chi connectivity index (χ1v) is 17.3. The second-order valence-electron chi connectivity index (χ2n) is 14.7. The van der Waals surface area contributed by atoms with Crippen LogP contribution < -0.4 is 10.9 Å². The number of halogens is 3. The third-order valence-electron chi connectivity index (χ3n) is 11.5. The molecule has 7 nitrogen and oxygen atoms in total. The number of aryl methyl sites for hydroxylation is 1. The number of pyridine rings is 2. The highest BCUT2D eigenvalue weighted by atomic mass is 19.4. The minimum atomic E-state index is -4.31. The van der Waals surface area contributed by atoms with Crippen molar-refractivity contribution >= 4 is 16.8 Å². The van der Waals surface area contributed by atoms with Crippen molar-refractivity contribution in [1.29, 1.82) is 0 Å². The topological polar surface area (TPSA) is 70.5 Å². The number of alkyl halides is 3. The van der Waals surface area contributed by atoms with Gasteiger partial charge < -0.3 is 14.8 Å². The molecule has 0 bridgehead atoms. The maximum Gasteiger partial charge on any atom is 0.391 e. The van der Waals surface area contributed by atoms with E-state index in [0.29, 0.717) is 12.8 Å². The Morgan fingerprint density at radius 2 is 1.67 bits per heavy atom. The van der Waals surface area contributed by atoms with Crippen LogP contribution in [0.2, 0.25) is 0 Å². The van der Waals surface area contributed by atoms with E-state index in [-0.39, 0.29) is 54.3 Å². The van der Waals surface area contributed by atoms with Crippen LogP contribution in [0, 0.1) is 24.7 Å². The molecule has 6 unspecified atom stereocenters. The monoisotopic (exact) mass is 629 g/mol. The molecule has 10 heteroatoms. The Kier molecular flexibility index (Phi) is 9.63. The number of piperazine rings is 1. The molecular weight excluding hydrogens is 579 g/mol. The molecule has 3 aliphatic carbocycles. The summed E-state index contributed by atoms with van der Waals surface area (Å²) in [5.74, 6) is -2.15. The van der Waals surface area contributed by atoms with Crippen LogP contribution in [0.15, 0.2) is 23.1 Å². The van der Waals surface area contributed by atoms with Crippen LogP contribution in [0.3, 0.4) is 0 Å². The first-order chi connectivity index (χ1) is 21.5. The number of aromatic nitrogens is 2. The minimum absolute atomic E-state index is 0.0375. The molecule has 1 saturated heterocycles. The predicted octanol–water partition coefficient (Wildman–Crippen LogP) is 6.19. The largest absolute Gasteiger partial charge is 0.391 e. The Labute approximate surface area is 264 Å². The average molecular weight is 630 g/mol. The fourth-order valence-electron chi connectivity index (χ4n) is 8.78. The van der Waals surface area contributed by atoms with Crippen LogP contribution >= 0.6 is 0 Å². The highest BCUT2D eigenvalue weighted by molar-refractivity contribution is 5.80. The summed E-state index contributed by atoms with van der Waals surface area (Å²) in [4.78, 5) is 36.9. The van der Waals surface area contributed by atoms with E-state index >= 15 is 0 Å². The fraction of sp³-hybridized carbons (Fsp3) is 0.743. The molecule has 0 spiro atoms. The quantitative estimate of drug-likeness (QED) is 0.427. The molecule has 1 aliphatic heterocycles. The van der Waals surface area contributed by atoms with E-state index in [9.17, 15) is 22.8 Å². The lowest BCUT2D eigenvalue weighted by Crippen LogP contribution is -2.54. The van der Waals surface area contributed by atoms with Crippen molar-refractivity contribution in [3.8, 4) is 0 Å². The van der Waals surface area contributed by atoms with Gasteiger partial charge in [0.1, 0.15) is 0 Å². The van der Waals surface area contributed by atoms with E-state index in [1.807, 2.05) is 36.9 Å². The van der Waals surface area contributed by atoms with Gasteiger partial charge in [-0.05, 0) is 89.3 Å². The van der Waals surface area contributed by atoms with Crippen LogP contribution in [-0.2, 0) is 4.79 Å². The lowest BCUT2D eigenvalue weighted by atomic mass is 9.73. The van der Waals surface area contributed by atoms with Crippen LogP contribution in [0.25, 0.3) is 10.9 Å². The maximum absolute atomic E-state index is 14.3. The third-order valence-corrected chi connectivity index (χ3v) is 11.5. The zero-order valence-electron chi connectivity index (χ0n) is 27.1. The van der Waals surface area contributed by atoms with Gasteiger partial charge in [-0.1, -0.05) is 26.2 Å². The highest BCUT2D eigenvalue weighted by Crippen LogP contribution is 2.43. The molecule has 1 N–H and O–H groups in total. The molecule has 4 fully saturated rings. The van der Waals surface area contributed by atoms with Gasteiger partial charge in [-0.15, -0.1) is 0 Å². The molecule has 248 valence electrons. The summed E-state index contributed by atoms with van der Waals surface area (Å²) in [7, 11) is 2.03. The van der Waals surface area contributed by atoms with Gasteiger partial charge in [0, 0.05) is 73.1 Å². The van der Waals surface area contributed by atoms with E-state index in [1.165, 1.54) is 6.42 Å². The number of fused-ring (bicyclic) bond motifs is 1. The van der Waals surface area contributed by atoms with Crippen LogP contribution in [0.5, 0.6) is 0 Å². The first kappa shape index (κ1) is 32.5. The number of carbonyl (C=O) groups excluding carboxylic acids is 1. The van der Waals surface area contributed by atoms with Crippen LogP contribution in [0.1, 0.15) is 101 Å². The Hall–Kier alpha value is -2.46. The second kappa shape index (κ2) is 13.3. The summed E-state index contributed by atoms with van der Waals surface area (Å²) in [6.07, 6.45) is 5.63. The van der Waals surface area contributed by atoms with Crippen molar-refractivity contribution in [2.75, 3.05) is 33.2 Å². The van der Waals surface area contributed by atoms with Gasteiger partial charge in [-0.25, -0.2) is 0 Å². The smallest absolute Gasteiger partial charge is 0.353 e. The van der Waals surface area contributed by atoms with Crippen molar-refractivity contribution in [2.45, 2.75) is 115 Å². The SMILES string of the molecule is Cc1cc2c(cn1)cc(C1CC(NC(=O)C3CC(N4CCN(C)CC4)CC(C(F)(F)F)C3)CCC1C)c(=O)n2C1CCCCC1. The van der Waals surface area contributed by atoms with Gasteiger partial charge >= 0.3 is 6.18 Å². The van der Waals surface area contributed by atoms with Gasteiger partial charge in [0.25, 0.3) is 5.56 Å². The maximum atomic E-state index is 14.3. The second-order valence-corrected chi connectivity index (χ2v) is 14.7. The van der Waals surface area contributed by atoms with E-state index in [2.05, 4.69) is 27.0 Å². The molecule has 2 aromatic rings. The van der Waals surface area contributed by atoms with Crippen LogP contribution in [0.4, 0.5) is 13.2 Å². The van der Waals surface area contributed by atoms with Gasteiger partial charge in [0.05, 0.1) is 11.4 Å². The van der Waals surface area contributed by atoms with Crippen molar-refractivity contribution in [3.05, 3.63) is 39.9 Å². The average Bonchev–Trinajstić information content (AvgIpc) is 3.02. The van der Waals surface area contributed by atoms with E-state index in [4.69, 9.17) is 0 Å². The molecule has 6 rings (SSSR count). The Morgan fingerprint density at radius 3 is 2.38 bits per heavy atom. The molecule has 3 saturated carbocycles. The van der Waals surface area contributed by atoms with E-state index in [1.54, 1.807) is 0 Å². The first-order valence-electron chi connectivity index (χ1n) is 17.3. The predicted molar refractivity (Wildman–Crippen MR) is 170 cm³/mol. The molecule has 4 aliphatic rings. The summed E-state index contributed by atoms with van der Waals surface area (Å²) >= 11 is 0. The van der Waals surface area contributed by atoms with Crippen molar-refractivity contribution in [3.63, 3.8) is 0 Å². The molecule has 1 amide bonds. The standard InChI is InChI=1S/C35H50F3N5O2/c1-22-9-10-27(40-33(44)24-16-26(35(36,37)38)19-29(17-24)42-13-11-41(3)12-14-42)20-30(22)31-18-25-21-39-23(2)15-32(25)43(34(31)45)28-7-5-4-6-8-28/h15,18,21-22,24,26-30H,4-14,16-17,19-20H2,1-3H3,(H,40,44). The number of nitrogens with one attached hydrogen (secondary N) is 1. The molecular formula is C35H50F3N5O2. The van der Waals surface area contributed by atoms with E-state index in [0.717, 1.165) is 86.9 Å². The summed E-state index contributed by atoms with van der Waals surface area (Å²) in [5, 5.41) is 4.17. The molecule has 0 aromatic carbocycles. The third kappa shape index (κ3) is 7.11. The summed E-state index contributed by atoms with van der Waals surface area (Å²) in [6.45, 7) is 7.27. The van der Waals surface area contributed by atoms with E-state index < -0.39 is 18.0 Å². The van der Waals surface area contributed by atoms with Gasteiger partial charge in [-0.3, -0.25) is 19.5 Å². The Bertz CT molecular complexity index is 1410. The normalized spacial score (nSPS) is 31.2.